The summed E-state index contributed by atoms with van der Waals surface area (Å²) in [5, 5.41) is 5.85. The molecule has 0 saturated heterocycles. The van der Waals surface area contributed by atoms with E-state index in [9.17, 15) is 9.59 Å². The molecule has 2 amide bonds. The van der Waals surface area contributed by atoms with Crippen LogP contribution in [-0.2, 0) is 9.59 Å². The molecule has 5 heteroatoms. The van der Waals surface area contributed by atoms with Crippen molar-refractivity contribution in [1.29, 1.82) is 0 Å². The number of hydrogen-bond acceptors (Lipinski definition) is 3. The zero-order valence-corrected chi connectivity index (χ0v) is 15.7. The molecule has 138 valence electrons. The number of aryl methyl sites for hydroxylation is 1. The van der Waals surface area contributed by atoms with Gasteiger partial charge in [-0.15, -0.1) is 0 Å². The SMILES string of the molecule is COc1ccc(C)cc1[C@H](C)NC(=O)C[C@@H](NC(C)=O)c1ccccc1. The molecule has 0 fully saturated rings. The van der Waals surface area contributed by atoms with Gasteiger partial charge in [0.1, 0.15) is 5.75 Å². The lowest BCUT2D eigenvalue weighted by Gasteiger charge is -2.21. The minimum absolute atomic E-state index is 0.135. The first-order chi connectivity index (χ1) is 12.4. The second kappa shape index (κ2) is 9.04. The van der Waals surface area contributed by atoms with Gasteiger partial charge in [0.25, 0.3) is 0 Å². The Labute approximate surface area is 154 Å². The quantitative estimate of drug-likeness (QED) is 0.800. The molecule has 2 aromatic rings. The van der Waals surface area contributed by atoms with Crippen molar-refractivity contribution in [3.05, 3.63) is 65.2 Å². The molecule has 0 radical (unpaired) electrons. The van der Waals surface area contributed by atoms with Gasteiger partial charge in [-0.1, -0.05) is 48.0 Å². The highest BCUT2D eigenvalue weighted by Gasteiger charge is 2.20. The maximum absolute atomic E-state index is 12.6. The van der Waals surface area contributed by atoms with Crippen LogP contribution in [0, 0.1) is 6.92 Å². The molecule has 5 nitrogen and oxygen atoms in total. The van der Waals surface area contributed by atoms with Crippen molar-refractivity contribution in [2.45, 2.75) is 39.3 Å². The summed E-state index contributed by atoms with van der Waals surface area (Å²) in [6.07, 6.45) is 0.169. The number of methoxy groups -OCH3 is 1. The second-order valence-electron chi connectivity index (χ2n) is 6.40. The molecule has 0 bridgehead atoms. The summed E-state index contributed by atoms with van der Waals surface area (Å²) < 4.78 is 5.40. The maximum Gasteiger partial charge on any atom is 0.222 e. The van der Waals surface area contributed by atoms with Crippen LogP contribution in [0.5, 0.6) is 5.75 Å². The van der Waals surface area contributed by atoms with Crippen LogP contribution in [0.25, 0.3) is 0 Å². The molecule has 0 aromatic heterocycles. The number of carbonyl (C=O) groups excluding carboxylic acids is 2. The summed E-state index contributed by atoms with van der Waals surface area (Å²) in [6.45, 7) is 5.37. The Balaban J connectivity index is 2.10. The Morgan fingerprint density at radius 3 is 2.38 bits per heavy atom. The van der Waals surface area contributed by atoms with E-state index in [-0.39, 0.29) is 30.3 Å². The van der Waals surface area contributed by atoms with Crippen LogP contribution in [0.2, 0.25) is 0 Å². The molecule has 0 spiro atoms. The Morgan fingerprint density at radius 1 is 1.08 bits per heavy atom. The van der Waals surface area contributed by atoms with Gasteiger partial charge in [-0.2, -0.15) is 0 Å². The molecule has 0 saturated carbocycles. The predicted molar refractivity (Wildman–Crippen MR) is 102 cm³/mol. The largest absolute Gasteiger partial charge is 0.496 e. The second-order valence-corrected chi connectivity index (χ2v) is 6.40. The molecule has 26 heavy (non-hydrogen) atoms. The maximum atomic E-state index is 12.6. The minimum atomic E-state index is -0.361. The number of ether oxygens (including phenoxy) is 1. The third kappa shape index (κ3) is 5.34. The lowest BCUT2D eigenvalue weighted by Crippen LogP contribution is -2.33. The summed E-state index contributed by atoms with van der Waals surface area (Å²) in [5.74, 6) is 0.439. The number of nitrogens with one attached hydrogen (secondary N) is 2. The third-order valence-corrected chi connectivity index (χ3v) is 4.20. The molecular formula is C21H26N2O3. The number of benzene rings is 2. The van der Waals surface area contributed by atoms with E-state index in [0.29, 0.717) is 0 Å². The smallest absolute Gasteiger partial charge is 0.222 e. The number of hydrogen-bond donors (Lipinski definition) is 2. The van der Waals surface area contributed by atoms with Crippen LogP contribution in [0.1, 0.15) is 49.0 Å². The zero-order valence-electron chi connectivity index (χ0n) is 15.7. The lowest BCUT2D eigenvalue weighted by molar-refractivity contribution is -0.123. The van der Waals surface area contributed by atoms with Gasteiger partial charge in [0.05, 0.1) is 25.6 Å². The summed E-state index contributed by atoms with van der Waals surface area (Å²) in [6, 6.07) is 14.8. The Morgan fingerprint density at radius 2 is 1.77 bits per heavy atom. The highest BCUT2D eigenvalue weighted by molar-refractivity contribution is 5.79. The molecule has 2 atom stereocenters. The highest BCUT2D eigenvalue weighted by atomic mass is 16.5. The van der Waals surface area contributed by atoms with Gasteiger partial charge in [0.15, 0.2) is 0 Å². The van der Waals surface area contributed by atoms with Crippen LogP contribution < -0.4 is 15.4 Å². The molecule has 0 heterocycles. The fourth-order valence-electron chi connectivity index (χ4n) is 2.94. The van der Waals surface area contributed by atoms with E-state index >= 15 is 0 Å². The van der Waals surface area contributed by atoms with Crippen molar-refractivity contribution in [3.8, 4) is 5.75 Å². The van der Waals surface area contributed by atoms with Gasteiger partial charge in [-0.05, 0) is 25.5 Å². The first kappa shape index (κ1) is 19.5. The van der Waals surface area contributed by atoms with Crippen molar-refractivity contribution in [1.82, 2.24) is 10.6 Å². The van der Waals surface area contributed by atoms with Crippen LogP contribution in [0.4, 0.5) is 0 Å². The molecule has 0 aliphatic rings. The summed E-state index contributed by atoms with van der Waals surface area (Å²) in [7, 11) is 1.62. The highest BCUT2D eigenvalue weighted by Crippen LogP contribution is 2.26. The average molecular weight is 354 g/mol. The fourth-order valence-corrected chi connectivity index (χ4v) is 2.94. The Bertz CT molecular complexity index is 759. The normalized spacial score (nSPS) is 12.8. The number of carbonyl (C=O) groups is 2. The van der Waals surface area contributed by atoms with Gasteiger partial charge in [0, 0.05) is 12.5 Å². The van der Waals surface area contributed by atoms with Gasteiger partial charge >= 0.3 is 0 Å². The molecule has 2 N–H and O–H groups in total. The topological polar surface area (TPSA) is 67.4 Å². The minimum Gasteiger partial charge on any atom is -0.496 e. The van der Waals surface area contributed by atoms with E-state index < -0.39 is 0 Å². The fraction of sp³-hybridized carbons (Fsp3) is 0.333. The van der Waals surface area contributed by atoms with E-state index in [2.05, 4.69) is 10.6 Å². The van der Waals surface area contributed by atoms with Gasteiger partial charge < -0.3 is 15.4 Å². The molecule has 2 aromatic carbocycles. The van der Waals surface area contributed by atoms with Gasteiger partial charge in [-0.25, -0.2) is 0 Å². The lowest BCUT2D eigenvalue weighted by atomic mass is 10.0. The predicted octanol–water partition coefficient (Wildman–Crippen LogP) is 3.45. The molecule has 0 unspecified atom stereocenters. The number of rotatable bonds is 7. The molecular weight excluding hydrogens is 328 g/mol. The summed E-state index contributed by atoms with van der Waals surface area (Å²) in [4.78, 5) is 24.1. The van der Waals surface area contributed by atoms with Crippen LogP contribution in [-0.4, -0.2) is 18.9 Å². The average Bonchev–Trinajstić information content (AvgIpc) is 2.61. The van der Waals surface area contributed by atoms with Gasteiger partial charge in [0.2, 0.25) is 11.8 Å². The van der Waals surface area contributed by atoms with E-state index in [1.54, 1.807) is 7.11 Å². The van der Waals surface area contributed by atoms with Crippen molar-refractivity contribution in [2.75, 3.05) is 7.11 Å². The van der Waals surface area contributed by atoms with Crippen molar-refractivity contribution in [3.63, 3.8) is 0 Å². The van der Waals surface area contributed by atoms with Crippen LogP contribution in [0.3, 0.4) is 0 Å². The van der Waals surface area contributed by atoms with Crippen molar-refractivity contribution in [2.24, 2.45) is 0 Å². The first-order valence-corrected chi connectivity index (χ1v) is 8.66. The third-order valence-electron chi connectivity index (χ3n) is 4.20. The van der Waals surface area contributed by atoms with Crippen LogP contribution >= 0.6 is 0 Å². The molecule has 0 aliphatic carbocycles. The van der Waals surface area contributed by atoms with Crippen LogP contribution in [0.15, 0.2) is 48.5 Å². The van der Waals surface area contributed by atoms with E-state index in [0.717, 1.165) is 22.4 Å². The Kier molecular flexibility index (Phi) is 6.78. The van der Waals surface area contributed by atoms with E-state index in [1.807, 2.05) is 62.4 Å². The summed E-state index contributed by atoms with van der Waals surface area (Å²) >= 11 is 0. The van der Waals surface area contributed by atoms with E-state index in [4.69, 9.17) is 4.74 Å². The van der Waals surface area contributed by atoms with E-state index in [1.165, 1.54) is 6.92 Å². The first-order valence-electron chi connectivity index (χ1n) is 8.66. The number of amides is 2. The van der Waals surface area contributed by atoms with Gasteiger partial charge in [-0.3, -0.25) is 9.59 Å². The Hall–Kier alpha value is -2.82. The van der Waals surface area contributed by atoms with Crippen molar-refractivity contribution >= 4 is 11.8 Å². The molecule has 0 aliphatic heterocycles. The monoisotopic (exact) mass is 354 g/mol. The summed E-state index contributed by atoms with van der Waals surface area (Å²) in [5.41, 5.74) is 2.93. The van der Waals surface area contributed by atoms with Crippen molar-refractivity contribution < 1.29 is 14.3 Å². The molecule has 2 rings (SSSR count). The zero-order chi connectivity index (χ0) is 19.1. The standard InChI is InChI=1S/C21H26N2O3/c1-14-10-11-20(26-4)18(12-14)15(2)22-21(25)13-19(23-16(3)24)17-8-6-5-7-9-17/h5-12,15,19H,13H2,1-4H3,(H,22,25)(H,23,24)/t15-,19+/m0/s1.